The van der Waals surface area contributed by atoms with E-state index in [9.17, 15) is 9.59 Å². The van der Waals surface area contributed by atoms with Crippen molar-refractivity contribution < 1.29 is 9.59 Å². The number of hydrogen-bond donors (Lipinski definition) is 2. The van der Waals surface area contributed by atoms with E-state index in [1.54, 1.807) is 42.5 Å². The highest BCUT2D eigenvalue weighted by Crippen LogP contribution is 2.15. The van der Waals surface area contributed by atoms with Gasteiger partial charge in [0.05, 0.1) is 5.69 Å². The summed E-state index contributed by atoms with van der Waals surface area (Å²) in [5.41, 5.74) is 2.92. The van der Waals surface area contributed by atoms with Gasteiger partial charge < -0.3 is 10.6 Å². The van der Waals surface area contributed by atoms with Gasteiger partial charge in [0.15, 0.2) is 0 Å². The van der Waals surface area contributed by atoms with E-state index in [0.29, 0.717) is 35.7 Å². The molecule has 0 aliphatic rings. The molecule has 0 radical (unpaired) electrons. The van der Waals surface area contributed by atoms with Crippen molar-refractivity contribution in [2.75, 3.05) is 11.9 Å². The molecular weight excluding hydrogens is 380 g/mol. The lowest BCUT2D eigenvalue weighted by Gasteiger charge is -2.09. The molecule has 28 heavy (non-hydrogen) atoms. The number of aromatic nitrogens is 4. The lowest BCUT2D eigenvalue weighted by atomic mass is 10.1. The average Bonchev–Trinajstić information content (AvgIpc) is 3.21. The van der Waals surface area contributed by atoms with Crippen LogP contribution in [0.2, 0.25) is 5.02 Å². The number of aryl methyl sites for hydroxylation is 1. The van der Waals surface area contributed by atoms with Crippen molar-refractivity contribution >= 4 is 29.1 Å². The Hall–Kier alpha value is -3.26. The number of carbonyl (C=O) groups is 2. The first-order valence-corrected chi connectivity index (χ1v) is 9.08. The minimum absolute atomic E-state index is 0.113. The normalized spacial score (nSPS) is 10.5. The number of amides is 2. The second-order valence-corrected chi connectivity index (χ2v) is 6.61. The zero-order chi connectivity index (χ0) is 19.9. The molecule has 0 spiro atoms. The Morgan fingerprint density at radius 3 is 2.61 bits per heavy atom. The summed E-state index contributed by atoms with van der Waals surface area (Å²) in [7, 11) is 0. The number of nitrogens with zero attached hydrogens (tertiary/aromatic N) is 4. The standard InChI is InChI=1S/C19H19ClN6O2/c1-13-11-14(4-9-17(13)26-12-22-24-25-26)19(28)21-10-2-3-18(27)23-16-7-5-15(20)6-8-16/h4-9,11-12H,2-3,10H2,1H3,(H,21,28)(H,23,27). The Balaban J connectivity index is 1.44. The molecule has 3 aromatic rings. The molecule has 2 amide bonds. The van der Waals surface area contributed by atoms with Crippen molar-refractivity contribution in [2.45, 2.75) is 19.8 Å². The van der Waals surface area contributed by atoms with Crippen molar-refractivity contribution in [2.24, 2.45) is 0 Å². The molecule has 2 aromatic carbocycles. The smallest absolute Gasteiger partial charge is 0.251 e. The quantitative estimate of drug-likeness (QED) is 0.596. The van der Waals surface area contributed by atoms with E-state index in [2.05, 4.69) is 26.2 Å². The second kappa shape index (κ2) is 9.09. The number of halogens is 1. The van der Waals surface area contributed by atoms with Crippen molar-refractivity contribution in [3.63, 3.8) is 0 Å². The number of anilines is 1. The number of nitrogens with one attached hydrogen (secondary N) is 2. The number of benzene rings is 2. The van der Waals surface area contributed by atoms with Crippen molar-refractivity contribution in [3.8, 4) is 5.69 Å². The largest absolute Gasteiger partial charge is 0.352 e. The van der Waals surface area contributed by atoms with E-state index >= 15 is 0 Å². The van der Waals surface area contributed by atoms with Crippen molar-refractivity contribution in [1.82, 2.24) is 25.5 Å². The van der Waals surface area contributed by atoms with Crippen LogP contribution in [0.3, 0.4) is 0 Å². The molecule has 2 N–H and O–H groups in total. The summed E-state index contributed by atoms with van der Waals surface area (Å²) in [6.07, 6.45) is 2.34. The first-order valence-electron chi connectivity index (χ1n) is 8.70. The highest BCUT2D eigenvalue weighted by atomic mass is 35.5. The molecule has 8 nitrogen and oxygen atoms in total. The third-order valence-electron chi connectivity index (χ3n) is 4.05. The SMILES string of the molecule is Cc1cc(C(=O)NCCCC(=O)Nc2ccc(Cl)cc2)ccc1-n1cnnn1. The fraction of sp³-hybridized carbons (Fsp3) is 0.211. The summed E-state index contributed by atoms with van der Waals surface area (Å²) >= 11 is 5.81. The van der Waals surface area contributed by atoms with E-state index in [0.717, 1.165) is 11.3 Å². The topological polar surface area (TPSA) is 102 Å². The highest BCUT2D eigenvalue weighted by Gasteiger charge is 2.10. The van der Waals surface area contributed by atoms with E-state index < -0.39 is 0 Å². The molecule has 144 valence electrons. The van der Waals surface area contributed by atoms with Crippen molar-refractivity contribution in [3.05, 3.63) is 64.9 Å². The Kier molecular flexibility index (Phi) is 6.33. The van der Waals surface area contributed by atoms with Crippen LogP contribution in [0, 0.1) is 6.92 Å². The number of carbonyl (C=O) groups excluding carboxylic acids is 2. The molecule has 0 aliphatic heterocycles. The molecule has 0 saturated heterocycles. The van der Waals surface area contributed by atoms with Gasteiger partial charge in [-0.1, -0.05) is 11.6 Å². The van der Waals surface area contributed by atoms with Gasteiger partial charge in [0.1, 0.15) is 6.33 Å². The van der Waals surface area contributed by atoms with Gasteiger partial charge in [-0.2, -0.15) is 0 Å². The lowest BCUT2D eigenvalue weighted by molar-refractivity contribution is -0.116. The Morgan fingerprint density at radius 2 is 1.93 bits per heavy atom. The van der Waals surface area contributed by atoms with Gasteiger partial charge in [-0.3, -0.25) is 9.59 Å². The summed E-state index contributed by atoms with van der Waals surface area (Å²) in [5, 5.41) is 17.3. The minimum atomic E-state index is -0.190. The molecule has 0 bridgehead atoms. The molecule has 3 rings (SSSR count). The molecule has 9 heteroatoms. The molecule has 0 unspecified atom stereocenters. The molecule has 1 heterocycles. The molecule has 0 atom stereocenters. The van der Waals surface area contributed by atoms with Gasteiger partial charge >= 0.3 is 0 Å². The second-order valence-electron chi connectivity index (χ2n) is 6.17. The van der Waals surface area contributed by atoms with Crippen LogP contribution in [-0.4, -0.2) is 38.6 Å². The summed E-state index contributed by atoms with van der Waals surface area (Å²) in [4.78, 5) is 24.2. The lowest BCUT2D eigenvalue weighted by Crippen LogP contribution is -2.25. The molecule has 0 saturated carbocycles. The van der Waals surface area contributed by atoms with Crippen molar-refractivity contribution in [1.29, 1.82) is 0 Å². The van der Waals surface area contributed by atoms with E-state index in [-0.39, 0.29) is 11.8 Å². The fourth-order valence-corrected chi connectivity index (χ4v) is 2.76. The first-order chi connectivity index (χ1) is 13.5. The first kappa shape index (κ1) is 19.5. The highest BCUT2D eigenvalue weighted by molar-refractivity contribution is 6.30. The maximum absolute atomic E-state index is 12.3. The summed E-state index contributed by atoms with van der Waals surface area (Å²) < 4.78 is 1.54. The van der Waals surface area contributed by atoms with Crippen LogP contribution < -0.4 is 10.6 Å². The molecule has 0 fully saturated rings. The molecular formula is C19H19ClN6O2. The Morgan fingerprint density at radius 1 is 1.14 bits per heavy atom. The van der Waals surface area contributed by atoms with Crippen LogP contribution in [0.25, 0.3) is 5.69 Å². The third kappa shape index (κ3) is 5.14. The molecule has 1 aromatic heterocycles. The third-order valence-corrected chi connectivity index (χ3v) is 4.30. The van der Waals surface area contributed by atoms with E-state index in [1.165, 1.54) is 11.0 Å². The van der Waals surface area contributed by atoms with Crippen LogP contribution in [-0.2, 0) is 4.79 Å². The predicted octanol–water partition coefficient (Wildman–Crippen LogP) is 2.77. The summed E-state index contributed by atoms with van der Waals surface area (Å²) in [6.45, 7) is 2.29. The van der Waals surface area contributed by atoms with Gasteiger partial charge in [0, 0.05) is 29.2 Å². The van der Waals surface area contributed by atoms with Gasteiger partial charge in [0.2, 0.25) is 5.91 Å². The molecule has 0 aliphatic carbocycles. The number of rotatable bonds is 7. The monoisotopic (exact) mass is 398 g/mol. The van der Waals surface area contributed by atoms with Gasteiger partial charge in [0.25, 0.3) is 5.91 Å². The van der Waals surface area contributed by atoms with E-state index in [4.69, 9.17) is 11.6 Å². The Bertz CT molecular complexity index is 957. The van der Waals surface area contributed by atoms with Gasteiger partial charge in [-0.05, 0) is 71.8 Å². The predicted molar refractivity (Wildman–Crippen MR) is 106 cm³/mol. The van der Waals surface area contributed by atoms with Gasteiger partial charge in [-0.25, -0.2) is 4.68 Å². The zero-order valence-electron chi connectivity index (χ0n) is 15.2. The fourth-order valence-electron chi connectivity index (χ4n) is 2.64. The number of hydrogen-bond acceptors (Lipinski definition) is 5. The maximum atomic E-state index is 12.3. The Labute approximate surface area is 166 Å². The summed E-state index contributed by atoms with van der Waals surface area (Å²) in [5.74, 6) is -0.303. The van der Waals surface area contributed by atoms with Crippen LogP contribution in [0.4, 0.5) is 5.69 Å². The average molecular weight is 399 g/mol. The van der Waals surface area contributed by atoms with Crippen LogP contribution in [0.15, 0.2) is 48.8 Å². The summed E-state index contributed by atoms with van der Waals surface area (Å²) in [6, 6.07) is 12.2. The minimum Gasteiger partial charge on any atom is -0.352 e. The van der Waals surface area contributed by atoms with Crippen LogP contribution in [0.1, 0.15) is 28.8 Å². The van der Waals surface area contributed by atoms with Gasteiger partial charge in [-0.15, -0.1) is 5.10 Å². The van der Waals surface area contributed by atoms with Crippen LogP contribution in [0.5, 0.6) is 0 Å². The number of tetrazole rings is 1. The van der Waals surface area contributed by atoms with Crippen LogP contribution >= 0.6 is 11.6 Å². The zero-order valence-corrected chi connectivity index (χ0v) is 16.0. The van der Waals surface area contributed by atoms with E-state index in [1.807, 2.05) is 6.92 Å². The maximum Gasteiger partial charge on any atom is 0.251 e.